The van der Waals surface area contributed by atoms with E-state index in [2.05, 4.69) is 17.6 Å². The van der Waals surface area contributed by atoms with Crippen molar-refractivity contribution in [2.75, 3.05) is 24.3 Å². The van der Waals surface area contributed by atoms with E-state index < -0.39 is 12.0 Å². The fourth-order valence-corrected chi connectivity index (χ4v) is 2.35. The molecule has 0 saturated carbocycles. The quantitative estimate of drug-likeness (QED) is 0.727. The maximum Gasteiger partial charge on any atom is 0.257 e. The van der Waals surface area contributed by atoms with E-state index in [9.17, 15) is 9.90 Å². The van der Waals surface area contributed by atoms with E-state index in [1.54, 1.807) is 31.4 Å². The topological polar surface area (TPSA) is 70.6 Å². The van der Waals surface area contributed by atoms with Crippen LogP contribution in [0.2, 0.25) is 0 Å². The second-order valence-electron chi connectivity index (χ2n) is 5.62. The standard InChI is InChI=1S/C19H24N2O3/c1-4-11-20-17-10-7-15(12-13(17)2)21-19(23)18(22)14-5-8-16(24-3)9-6-14/h5-10,12,18,20,22H,4,11H2,1-3H3,(H,21,23). The lowest BCUT2D eigenvalue weighted by Crippen LogP contribution is -2.20. The third-order valence-corrected chi connectivity index (χ3v) is 3.74. The summed E-state index contributed by atoms with van der Waals surface area (Å²) in [6, 6.07) is 12.4. The third-order valence-electron chi connectivity index (χ3n) is 3.74. The van der Waals surface area contributed by atoms with Crippen molar-refractivity contribution in [3.63, 3.8) is 0 Å². The highest BCUT2D eigenvalue weighted by Crippen LogP contribution is 2.22. The molecule has 3 N–H and O–H groups in total. The van der Waals surface area contributed by atoms with Gasteiger partial charge < -0.3 is 20.5 Å². The lowest BCUT2D eigenvalue weighted by atomic mass is 10.1. The van der Waals surface area contributed by atoms with E-state index in [1.807, 2.05) is 25.1 Å². The molecule has 0 spiro atoms. The number of ether oxygens (including phenoxy) is 1. The number of hydrogen-bond donors (Lipinski definition) is 3. The molecule has 0 aliphatic carbocycles. The van der Waals surface area contributed by atoms with Crippen LogP contribution in [0.4, 0.5) is 11.4 Å². The highest BCUT2D eigenvalue weighted by atomic mass is 16.5. The first-order valence-corrected chi connectivity index (χ1v) is 8.02. The summed E-state index contributed by atoms with van der Waals surface area (Å²) in [4.78, 5) is 12.2. The van der Waals surface area contributed by atoms with Crippen LogP contribution in [0.15, 0.2) is 42.5 Å². The Balaban J connectivity index is 2.03. The first kappa shape index (κ1) is 17.8. The summed E-state index contributed by atoms with van der Waals surface area (Å²) in [6.07, 6.45) is -0.180. The number of hydrogen-bond acceptors (Lipinski definition) is 4. The van der Waals surface area contributed by atoms with Crippen molar-refractivity contribution in [2.24, 2.45) is 0 Å². The van der Waals surface area contributed by atoms with Gasteiger partial charge in [0, 0.05) is 17.9 Å². The molecule has 2 aromatic rings. The van der Waals surface area contributed by atoms with Gasteiger partial charge in [0.2, 0.25) is 0 Å². The van der Waals surface area contributed by atoms with Gasteiger partial charge in [0.1, 0.15) is 5.75 Å². The predicted molar refractivity (Wildman–Crippen MR) is 96.5 cm³/mol. The number of benzene rings is 2. The maximum atomic E-state index is 12.2. The Bertz CT molecular complexity index is 684. The van der Waals surface area contributed by atoms with Crippen molar-refractivity contribution in [3.8, 4) is 5.75 Å². The molecule has 5 nitrogen and oxygen atoms in total. The molecule has 0 fully saturated rings. The Morgan fingerprint density at radius 1 is 1.21 bits per heavy atom. The molecule has 2 aromatic carbocycles. The van der Waals surface area contributed by atoms with Gasteiger partial charge in [-0.15, -0.1) is 0 Å². The van der Waals surface area contributed by atoms with Gasteiger partial charge in [0.15, 0.2) is 6.10 Å². The zero-order chi connectivity index (χ0) is 17.5. The van der Waals surface area contributed by atoms with Crippen LogP contribution < -0.4 is 15.4 Å². The minimum absolute atomic E-state index is 0.464. The van der Waals surface area contributed by atoms with Crippen LogP contribution in [0, 0.1) is 6.92 Å². The van der Waals surface area contributed by atoms with E-state index >= 15 is 0 Å². The molecule has 128 valence electrons. The Hall–Kier alpha value is -2.53. The molecule has 0 saturated heterocycles. The lowest BCUT2D eigenvalue weighted by molar-refractivity contribution is -0.124. The summed E-state index contributed by atoms with van der Waals surface area (Å²) in [6.45, 7) is 4.99. The van der Waals surface area contributed by atoms with Crippen molar-refractivity contribution in [2.45, 2.75) is 26.4 Å². The number of aryl methyl sites for hydroxylation is 1. The molecule has 2 rings (SSSR count). The number of aliphatic hydroxyl groups excluding tert-OH is 1. The normalized spacial score (nSPS) is 11.7. The largest absolute Gasteiger partial charge is 0.497 e. The molecule has 5 heteroatoms. The van der Waals surface area contributed by atoms with Gasteiger partial charge in [0.05, 0.1) is 7.11 Å². The Morgan fingerprint density at radius 2 is 1.92 bits per heavy atom. The van der Waals surface area contributed by atoms with Crippen molar-refractivity contribution < 1.29 is 14.6 Å². The van der Waals surface area contributed by atoms with Crippen LogP contribution in [0.1, 0.15) is 30.6 Å². The van der Waals surface area contributed by atoms with Crippen LogP contribution >= 0.6 is 0 Å². The molecular formula is C19H24N2O3. The minimum atomic E-state index is -1.23. The molecule has 1 atom stereocenters. The van der Waals surface area contributed by atoms with Gasteiger partial charge in [0.25, 0.3) is 5.91 Å². The zero-order valence-electron chi connectivity index (χ0n) is 14.3. The highest BCUT2D eigenvalue weighted by molar-refractivity contribution is 5.95. The monoisotopic (exact) mass is 328 g/mol. The molecule has 0 heterocycles. The fraction of sp³-hybridized carbons (Fsp3) is 0.316. The Morgan fingerprint density at radius 3 is 2.50 bits per heavy atom. The van der Waals surface area contributed by atoms with Crippen LogP contribution in [-0.2, 0) is 4.79 Å². The van der Waals surface area contributed by atoms with Gasteiger partial charge in [-0.2, -0.15) is 0 Å². The summed E-state index contributed by atoms with van der Waals surface area (Å²) in [5, 5.41) is 16.3. The third kappa shape index (κ3) is 4.49. The van der Waals surface area contributed by atoms with Gasteiger partial charge >= 0.3 is 0 Å². The number of carbonyl (C=O) groups excluding carboxylic acids is 1. The number of amides is 1. The number of methoxy groups -OCH3 is 1. The van der Waals surface area contributed by atoms with E-state index in [-0.39, 0.29) is 0 Å². The summed E-state index contributed by atoms with van der Waals surface area (Å²) in [5.41, 5.74) is 3.27. The molecule has 0 bridgehead atoms. The van der Waals surface area contributed by atoms with E-state index in [0.717, 1.165) is 24.2 Å². The molecule has 0 aromatic heterocycles. The van der Waals surface area contributed by atoms with E-state index in [0.29, 0.717) is 17.0 Å². The van der Waals surface area contributed by atoms with Crippen LogP contribution in [0.25, 0.3) is 0 Å². The number of aliphatic hydroxyl groups is 1. The molecule has 1 unspecified atom stereocenters. The average molecular weight is 328 g/mol. The molecule has 1 amide bonds. The molecule has 0 radical (unpaired) electrons. The molecule has 0 aliphatic heterocycles. The second kappa shape index (κ2) is 8.36. The Kier molecular flexibility index (Phi) is 6.21. The zero-order valence-corrected chi connectivity index (χ0v) is 14.3. The van der Waals surface area contributed by atoms with Crippen molar-refractivity contribution in [1.29, 1.82) is 0 Å². The molecule has 24 heavy (non-hydrogen) atoms. The number of carbonyl (C=O) groups is 1. The van der Waals surface area contributed by atoms with Gasteiger partial charge in [-0.3, -0.25) is 4.79 Å². The second-order valence-corrected chi connectivity index (χ2v) is 5.62. The first-order chi connectivity index (χ1) is 11.5. The van der Waals surface area contributed by atoms with Crippen molar-refractivity contribution in [3.05, 3.63) is 53.6 Å². The first-order valence-electron chi connectivity index (χ1n) is 8.02. The average Bonchev–Trinajstić information content (AvgIpc) is 2.60. The van der Waals surface area contributed by atoms with Gasteiger partial charge in [-0.05, 0) is 54.8 Å². The van der Waals surface area contributed by atoms with Crippen molar-refractivity contribution in [1.82, 2.24) is 0 Å². The fourth-order valence-electron chi connectivity index (χ4n) is 2.35. The number of anilines is 2. The van der Waals surface area contributed by atoms with E-state index in [4.69, 9.17) is 4.74 Å². The minimum Gasteiger partial charge on any atom is -0.497 e. The summed E-state index contributed by atoms with van der Waals surface area (Å²) in [7, 11) is 1.57. The van der Waals surface area contributed by atoms with Crippen LogP contribution in [-0.4, -0.2) is 24.7 Å². The molecular weight excluding hydrogens is 304 g/mol. The predicted octanol–water partition coefficient (Wildman–Crippen LogP) is 3.50. The highest BCUT2D eigenvalue weighted by Gasteiger charge is 2.17. The molecule has 0 aliphatic rings. The van der Waals surface area contributed by atoms with Crippen LogP contribution in [0.5, 0.6) is 5.75 Å². The Labute approximate surface area is 142 Å². The van der Waals surface area contributed by atoms with Crippen LogP contribution in [0.3, 0.4) is 0 Å². The maximum absolute atomic E-state index is 12.2. The SMILES string of the molecule is CCCNc1ccc(NC(=O)C(O)c2ccc(OC)cc2)cc1C. The smallest absolute Gasteiger partial charge is 0.257 e. The van der Waals surface area contributed by atoms with E-state index in [1.165, 1.54) is 0 Å². The summed E-state index contributed by atoms with van der Waals surface area (Å²) >= 11 is 0. The van der Waals surface area contributed by atoms with Gasteiger partial charge in [-0.25, -0.2) is 0 Å². The van der Waals surface area contributed by atoms with Gasteiger partial charge in [-0.1, -0.05) is 19.1 Å². The number of rotatable bonds is 7. The van der Waals surface area contributed by atoms with Crippen molar-refractivity contribution >= 4 is 17.3 Å². The summed E-state index contributed by atoms with van der Waals surface area (Å²) < 4.78 is 5.07. The number of nitrogens with one attached hydrogen (secondary N) is 2. The summed E-state index contributed by atoms with van der Waals surface area (Å²) in [5.74, 6) is 0.214. The lowest BCUT2D eigenvalue weighted by Gasteiger charge is -2.14.